The Kier molecular flexibility index (Phi) is 4.64. The SMILES string of the molecule is CCC1(CC)NC(=O)C(C)N(CCC(C)(C)C)C1=O. The molecule has 0 aromatic carbocycles. The third-order valence-corrected chi connectivity index (χ3v) is 4.19. The maximum atomic E-state index is 12.7. The highest BCUT2D eigenvalue weighted by Crippen LogP contribution is 2.27. The predicted molar refractivity (Wildman–Crippen MR) is 76.7 cm³/mol. The van der Waals surface area contributed by atoms with E-state index in [-0.39, 0.29) is 23.3 Å². The number of carbonyl (C=O) groups excluding carboxylic acids is 2. The molecule has 0 aromatic rings. The zero-order valence-corrected chi connectivity index (χ0v) is 13.2. The molecule has 2 amide bonds. The van der Waals surface area contributed by atoms with Crippen molar-refractivity contribution >= 4 is 11.8 Å². The van der Waals surface area contributed by atoms with Gasteiger partial charge in [0.1, 0.15) is 11.6 Å². The van der Waals surface area contributed by atoms with Crippen molar-refractivity contribution in [3.63, 3.8) is 0 Å². The largest absolute Gasteiger partial charge is 0.340 e. The van der Waals surface area contributed by atoms with E-state index >= 15 is 0 Å². The monoisotopic (exact) mass is 268 g/mol. The molecule has 1 fully saturated rings. The van der Waals surface area contributed by atoms with Crippen molar-refractivity contribution in [3.8, 4) is 0 Å². The molecule has 1 N–H and O–H groups in total. The van der Waals surface area contributed by atoms with Gasteiger partial charge in [-0.3, -0.25) is 9.59 Å². The van der Waals surface area contributed by atoms with Gasteiger partial charge in [-0.05, 0) is 31.6 Å². The second-order valence-electron chi connectivity index (χ2n) is 6.76. The molecule has 0 spiro atoms. The van der Waals surface area contributed by atoms with Crippen LogP contribution in [0.15, 0.2) is 0 Å². The summed E-state index contributed by atoms with van der Waals surface area (Å²) in [4.78, 5) is 26.6. The van der Waals surface area contributed by atoms with Crippen LogP contribution in [0.25, 0.3) is 0 Å². The molecule has 1 atom stereocenters. The van der Waals surface area contributed by atoms with Crippen LogP contribution < -0.4 is 5.32 Å². The van der Waals surface area contributed by atoms with Crippen molar-refractivity contribution in [1.29, 1.82) is 0 Å². The molecule has 1 aliphatic rings. The fourth-order valence-electron chi connectivity index (χ4n) is 2.47. The number of nitrogens with one attached hydrogen (secondary N) is 1. The van der Waals surface area contributed by atoms with Gasteiger partial charge in [-0.2, -0.15) is 0 Å². The minimum absolute atomic E-state index is 0.0304. The molecule has 1 heterocycles. The molecule has 110 valence electrons. The maximum absolute atomic E-state index is 12.7. The first-order valence-electron chi connectivity index (χ1n) is 7.30. The number of hydrogen-bond donors (Lipinski definition) is 1. The number of amides is 2. The molecule has 4 heteroatoms. The van der Waals surface area contributed by atoms with E-state index in [4.69, 9.17) is 0 Å². The van der Waals surface area contributed by atoms with Gasteiger partial charge in [0.2, 0.25) is 11.8 Å². The first-order chi connectivity index (χ1) is 8.67. The van der Waals surface area contributed by atoms with Crippen molar-refractivity contribution in [1.82, 2.24) is 10.2 Å². The summed E-state index contributed by atoms with van der Waals surface area (Å²) in [6.07, 6.45) is 2.19. The van der Waals surface area contributed by atoms with Gasteiger partial charge in [0.15, 0.2) is 0 Å². The Labute approximate surface area is 116 Å². The molecule has 1 unspecified atom stereocenters. The van der Waals surface area contributed by atoms with Crippen molar-refractivity contribution in [3.05, 3.63) is 0 Å². The topological polar surface area (TPSA) is 49.4 Å². The van der Waals surface area contributed by atoms with Gasteiger partial charge in [-0.25, -0.2) is 0 Å². The van der Waals surface area contributed by atoms with Crippen LogP contribution in [-0.4, -0.2) is 34.8 Å². The van der Waals surface area contributed by atoms with Crippen LogP contribution in [-0.2, 0) is 9.59 Å². The van der Waals surface area contributed by atoms with Crippen molar-refractivity contribution < 1.29 is 9.59 Å². The van der Waals surface area contributed by atoms with E-state index in [9.17, 15) is 9.59 Å². The number of carbonyl (C=O) groups is 2. The molecule has 1 aliphatic heterocycles. The third kappa shape index (κ3) is 3.28. The van der Waals surface area contributed by atoms with Crippen LogP contribution in [0.5, 0.6) is 0 Å². The number of piperazine rings is 1. The fourth-order valence-corrected chi connectivity index (χ4v) is 2.47. The Balaban J connectivity index is 2.93. The quantitative estimate of drug-likeness (QED) is 0.850. The number of hydrogen-bond acceptors (Lipinski definition) is 2. The van der Waals surface area contributed by atoms with Gasteiger partial charge in [-0.1, -0.05) is 34.6 Å². The van der Waals surface area contributed by atoms with Crippen LogP contribution in [0.2, 0.25) is 0 Å². The van der Waals surface area contributed by atoms with Gasteiger partial charge in [0.05, 0.1) is 0 Å². The normalized spacial score (nSPS) is 23.5. The van der Waals surface area contributed by atoms with Gasteiger partial charge in [-0.15, -0.1) is 0 Å². The molecule has 0 aliphatic carbocycles. The second kappa shape index (κ2) is 5.51. The fraction of sp³-hybridized carbons (Fsp3) is 0.867. The van der Waals surface area contributed by atoms with Crippen molar-refractivity contribution in [2.45, 2.75) is 72.4 Å². The third-order valence-electron chi connectivity index (χ3n) is 4.19. The summed E-state index contributed by atoms with van der Waals surface area (Å²) in [5.41, 5.74) is -0.531. The summed E-state index contributed by atoms with van der Waals surface area (Å²) in [6.45, 7) is 12.8. The average molecular weight is 268 g/mol. The highest BCUT2D eigenvalue weighted by Gasteiger charge is 2.47. The summed E-state index contributed by atoms with van der Waals surface area (Å²) in [5, 5.41) is 2.93. The summed E-state index contributed by atoms with van der Waals surface area (Å²) in [6, 6.07) is -0.360. The Bertz CT molecular complexity index is 354. The lowest BCUT2D eigenvalue weighted by molar-refractivity contribution is -0.155. The molecule has 1 rings (SSSR count). The van der Waals surface area contributed by atoms with E-state index in [1.807, 2.05) is 20.8 Å². The Morgan fingerprint density at radius 2 is 1.74 bits per heavy atom. The molecule has 1 saturated heterocycles. The molecule has 0 radical (unpaired) electrons. The maximum Gasteiger partial charge on any atom is 0.248 e. The molecule has 0 aromatic heterocycles. The van der Waals surface area contributed by atoms with Crippen LogP contribution in [0.4, 0.5) is 0 Å². The molecule has 4 nitrogen and oxygen atoms in total. The zero-order valence-electron chi connectivity index (χ0n) is 13.2. The molecule has 0 bridgehead atoms. The first-order valence-corrected chi connectivity index (χ1v) is 7.30. The summed E-state index contributed by atoms with van der Waals surface area (Å²) >= 11 is 0. The highest BCUT2D eigenvalue weighted by atomic mass is 16.2. The van der Waals surface area contributed by atoms with Gasteiger partial charge >= 0.3 is 0 Å². The molecule has 0 saturated carbocycles. The molecule has 19 heavy (non-hydrogen) atoms. The predicted octanol–water partition coefficient (Wildman–Crippen LogP) is 2.33. The number of rotatable bonds is 4. The van der Waals surface area contributed by atoms with Crippen LogP contribution in [0.3, 0.4) is 0 Å². The van der Waals surface area contributed by atoms with Gasteiger partial charge in [0.25, 0.3) is 0 Å². The van der Waals surface area contributed by atoms with E-state index in [2.05, 4.69) is 26.1 Å². The zero-order chi connectivity index (χ0) is 14.8. The lowest BCUT2D eigenvalue weighted by Crippen LogP contribution is -2.69. The van der Waals surface area contributed by atoms with Gasteiger partial charge < -0.3 is 10.2 Å². The standard InChI is InChI=1S/C15H28N2O2/c1-7-15(8-2)13(19)17(10-9-14(4,5)6)11(3)12(18)16-15/h11H,7-10H2,1-6H3,(H,16,18). The smallest absolute Gasteiger partial charge is 0.248 e. The van der Waals surface area contributed by atoms with Crippen molar-refractivity contribution in [2.75, 3.05) is 6.54 Å². The summed E-state index contributed by atoms with van der Waals surface area (Å²) in [5.74, 6) is 0.0473. The minimum atomic E-state index is -0.693. The second-order valence-corrected chi connectivity index (χ2v) is 6.76. The average Bonchev–Trinajstić information content (AvgIpc) is 2.32. The summed E-state index contributed by atoms with van der Waals surface area (Å²) < 4.78 is 0. The van der Waals surface area contributed by atoms with E-state index in [0.717, 1.165) is 6.42 Å². The van der Waals surface area contributed by atoms with Crippen LogP contribution in [0, 0.1) is 5.41 Å². The molecular weight excluding hydrogens is 240 g/mol. The lowest BCUT2D eigenvalue weighted by Gasteiger charge is -2.45. The number of nitrogens with zero attached hydrogens (tertiary/aromatic N) is 1. The minimum Gasteiger partial charge on any atom is -0.340 e. The highest BCUT2D eigenvalue weighted by molar-refractivity contribution is 5.99. The first kappa shape index (κ1) is 16.0. The van der Waals surface area contributed by atoms with Gasteiger partial charge in [0, 0.05) is 6.54 Å². The van der Waals surface area contributed by atoms with Crippen LogP contribution in [0.1, 0.15) is 60.8 Å². The van der Waals surface area contributed by atoms with E-state index in [1.54, 1.807) is 4.90 Å². The van der Waals surface area contributed by atoms with E-state index in [0.29, 0.717) is 19.4 Å². The van der Waals surface area contributed by atoms with Crippen LogP contribution >= 0.6 is 0 Å². The Morgan fingerprint density at radius 3 is 2.16 bits per heavy atom. The van der Waals surface area contributed by atoms with E-state index in [1.165, 1.54) is 0 Å². The summed E-state index contributed by atoms with van der Waals surface area (Å²) in [7, 11) is 0. The van der Waals surface area contributed by atoms with Crippen molar-refractivity contribution in [2.24, 2.45) is 5.41 Å². The molecular formula is C15H28N2O2. The lowest BCUT2D eigenvalue weighted by atomic mass is 9.86. The Morgan fingerprint density at radius 1 is 1.21 bits per heavy atom. The Hall–Kier alpha value is -1.06. The van der Waals surface area contributed by atoms with E-state index < -0.39 is 5.54 Å².